The molecule has 0 atom stereocenters. The van der Waals surface area contributed by atoms with E-state index in [9.17, 15) is 0 Å². The van der Waals surface area contributed by atoms with Crippen LogP contribution in [-0.4, -0.2) is 9.55 Å². The molecule has 1 aromatic heterocycles. The topological polar surface area (TPSA) is 17.8 Å². The van der Waals surface area contributed by atoms with Crippen LogP contribution in [0.1, 0.15) is 115 Å². The Kier molecular flexibility index (Phi) is 12.5. The van der Waals surface area contributed by atoms with Gasteiger partial charge in [-0.25, -0.2) is 4.98 Å². The summed E-state index contributed by atoms with van der Waals surface area (Å²) in [6.07, 6.45) is 26.5. The van der Waals surface area contributed by atoms with Gasteiger partial charge in [-0.3, -0.25) is 0 Å². The Labute approximate surface area is 180 Å². The van der Waals surface area contributed by atoms with Crippen molar-refractivity contribution in [2.24, 2.45) is 0 Å². The Morgan fingerprint density at radius 3 is 1.72 bits per heavy atom. The molecule has 0 spiro atoms. The number of hydrogen-bond acceptors (Lipinski definition) is 1. The Balaban J connectivity index is 1.46. The van der Waals surface area contributed by atoms with E-state index in [0.29, 0.717) is 0 Å². The Bertz CT molecular complexity index is 643. The van der Waals surface area contributed by atoms with E-state index in [-0.39, 0.29) is 0 Å². The van der Waals surface area contributed by atoms with E-state index in [0.717, 1.165) is 5.82 Å². The SMILES string of the molecule is CCCCCCCCCCCCCCCCCc1ccccc1-n1ccnc1C. The molecule has 29 heavy (non-hydrogen) atoms. The summed E-state index contributed by atoms with van der Waals surface area (Å²) in [6.45, 7) is 4.37. The van der Waals surface area contributed by atoms with E-state index in [1.807, 2.05) is 6.20 Å². The third kappa shape index (κ3) is 9.65. The highest BCUT2D eigenvalue weighted by atomic mass is 15.1. The first kappa shape index (κ1) is 23.7. The van der Waals surface area contributed by atoms with Crippen LogP contribution in [0.15, 0.2) is 36.7 Å². The minimum atomic E-state index is 1.06. The van der Waals surface area contributed by atoms with E-state index in [2.05, 4.69) is 53.9 Å². The monoisotopic (exact) mass is 396 g/mol. The zero-order chi connectivity index (χ0) is 20.6. The van der Waals surface area contributed by atoms with E-state index < -0.39 is 0 Å². The summed E-state index contributed by atoms with van der Waals surface area (Å²) in [6, 6.07) is 8.79. The first-order chi connectivity index (χ1) is 14.3. The van der Waals surface area contributed by atoms with Crippen molar-refractivity contribution in [2.45, 2.75) is 117 Å². The molecule has 0 aliphatic rings. The first-order valence-electron chi connectivity index (χ1n) is 12.4. The van der Waals surface area contributed by atoms with Crippen LogP contribution >= 0.6 is 0 Å². The van der Waals surface area contributed by atoms with Crippen molar-refractivity contribution >= 4 is 0 Å². The molecule has 2 rings (SSSR count). The van der Waals surface area contributed by atoms with Crippen molar-refractivity contribution in [3.05, 3.63) is 48.0 Å². The summed E-state index contributed by atoms with van der Waals surface area (Å²) >= 11 is 0. The van der Waals surface area contributed by atoms with Crippen LogP contribution in [0.4, 0.5) is 0 Å². The third-order valence-corrected chi connectivity index (χ3v) is 6.13. The minimum Gasteiger partial charge on any atom is -0.304 e. The quantitative estimate of drug-likeness (QED) is 0.245. The molecule has 0 unspecified atom stereocenters. The zero-order valence-electron chi connectivity index (χ0n) is 19.2. The van der Waals surface area contributed by atoms with Gasteiger partial charge in [0.25, 0.3) is 0 Å². The summed E-state index contributed by atoms with van der Waals surface area (Å²) in [5, 5.41) is 0. The fourth-order valence-corrected chi connectivity index (χ4v) is 4.28. The van der Waals surface area contributed by atoms with Crippen LogP contribution < -0.4 is 0 Å². The number of benzene rings is 1. The van der Waals surface area contributed by atoms with Gasteiger partial charge in [-0.1, -0.05) is 115 Å². The fourth-order valence-electron chi connectivity index (χ4n) is 4.28. The Morgan fingerprint density at radius 2 is 1.21 bits per heavy atom. The lowest BCUT2D eigenvalue weighted by Crippen LogP contribution is -2.00. The maximum Gasteiger partial charge on any atom is 0.110 e. The first-order valence-corrected chi connectivity index (χ1v) is 12.4. The van der Waals surface area contributed by atoms with Crippen LogP contribution in [0.2, 0.25) is 0 Å². The van der Waals surface area contributed by atoms with Gasteiger partial charge in [0.1, 0.15) is 5.82 Å². The van der Waals surface area contributed by atoms with Gasteiger partial charge in [0.2, 0.25) is 0 Å². The molecule has 0 amide bonds. The van der Waals surface area contributed by atoms with Gasteiger partial charge in [-0.15, -0.1) is 0 Å². The molecule has 0 N–H and O–H groups in total. The van der Waals surface area contributed by atoms with Crippen molar-refractivity contribution in [2.75, 3.05) is 0 Å². The zero-order valence-corrected chi connectivity index (χ0v) is 19.2. The average Bonchev–Trinajstić information content (AvgIpc) is 3.17. The number of nitrogens with zero attached hydrogens (tertiary/aromatic N) is 2. The maximum absolute atomic E-state index is 4.37. The summed E-state index contributed by atoms with van der Waals surface area (Å²) < 4.78 is 2.21. The van der Waals surface area contributed by atoms with Gasteiger partial charge in [-0.05, 0) is 31.4 Å². The van der Waals surface area contributed by atoms with Gasteiger partial charge in [0.15, 0.2) is 0 Å². The van der Waals surface area contributed by atoms with Crippen molar-refractivity contribution in [3.8, 4) is 5.69 Å². The number of unbranched alkanes of at least 4 members (excludes halogenated alkanes) is 14. The summed E-state index contributed by atoms with van der Waals surface area (Å²) in [4.78, 5) is 4.37. The van der Waals surface area contributed by atoms with Crippen molar-refractivity contribution in [3.63, 3.8) is 0 Å². The molecular weight excluding hydrogens is 352 g/mol. The second-order valence-corrected chi connectivity index (χ2v) is 8.67. The van der Waals surface area contributed by atoms with Crippen LogP contribution in [0.3, 0.4) is 0 Å². The summed E-state index contributed by atoms with van der Waals surface area (Å²) in [5.74, 6) is 1.06. The highest BCUT2D eigenvalue weighted by Gasteiger charge is 2.06. The smallest absolute Gasteiger partial charge is 0.110 e. The highest BCUT2D eigenvalue weighted by Crippen LogP contribution is 2.19. The van der Waals surface area contributed by atoms with Crippen LogP contribution in [0.5, 0.6) is 0 Å². The molecule has 0 fully saturated rings. The van der Waals surface area contributed by atoms with Gasteiger partial charge < -0.3 is 4.57 Å². The predicted molar refractivity (Wildman–Crippen MR) is 127 cm³/mol. The van der Waals surface area contributed by atoms with Crippen molar-refractivity contribution in [1.29, 1.82) is 0 Å². The third-order valence-electron chi connectivity index (χ3n) is 6.13. The molecule has 0 radical (unpaired) electrons. The highest BCUT2D eigenvalue weighted by molar-refractivity contribution is 5.42. The van der Waals surface area contributed by atoms with Crippen molar-refractivity contribution < 1.29 is 0 Å². The standard InChI is InChI=1S/C27H44N2/c1-3-4-5-6-7-8-9-10-11-12-13-14-15-16-17-20-26-21-18-19-22-27(26)29-24-23-28-25(29)2/h18-19,21-24H,3-17,20H2,1-2H3. The van der Waals surface area contributed by atoms with E-state index in [1.165, 1.54) is 114 Å². The maximum atomic E-state index is 4.37. The second kappa shape index (κ2) is 15.3. The molecule has 0 aliphatic heterocycles. The molecule has 2 heteroatoms. The predicted octanol–water partition coefficient (Wildman–Crippen LogP) is 8.59. The van der Waals surface area contributed by atoms with Crippen LogP contribution in [0.25, 0.3) is 5.69 Å². The fraction of sp³-hybridized carbons (Fsp3) is 0.667. The van der Waals surface area contributed by atoms with E-state index in [1.54, 1.807) is 0 Å². The normalized spacial score (nSPS) is 11.2. The number of aromatic nitrogens is 2. The molecule has 2 aromatic rings. The lowest BCUT2D eigenvalue weighted by atomic mass is 10.0. The van der Waals surface area contributed by atoms with Gasteiger partial charge in [-0.2, -0.15) is 0 Å². The van der Waals surface area contributed by atoms with E-state index >= 15 is 0 Å². The van der Waals surface area contributed by atoms with Gasteiger partial charge in [0, 0.05) is 18.1 Å². The summed E-state index contributed by atoms with van der Waals surface area (Å²) in [7, 11) is 0. The average molecular weight is 397 g/mol. The molecular formula is C27H44N2. The molecule has 162 valence electrons. The lowest BCUT2D eigenvalue weighted by Gasteiger charge is -2.11. The largest absolute Gasteiger partial charge is 0.304 e. The number of hydrogen-bond donors (Lipinski definition) is 0. The molecule has 1 aromatic carbocycles. The molecule has 2 nitrogen and oxygen atoms in total. The Hall–Kier alpha value is -1.57. The Morgan fingerprint density at radius 1 is 0.690 bits per heavy atom. The molecule has 1 heterocycles. The molecule has 0 bridgehead atoms. The second-order valence-electron chi connectivity index (χ2n) is 8.67. The summed E-state index contributed by atoms with van der Waals surface area (Å²) in [5.41, 5.74) is 2.75. The van der Waals surface area contributed by atoms with Crippen molar-refractivity contribution in [1.82, 2.24) is 9.55 Å². The van der Waals surface area contributed by atoms with E-state index in [4.69, 9.17) is 0 Å². The number of aryl methyl sites for hydroxylation is 2. The minimum absolute atomic E-state index is 1.06. The number of rotatable bonds is 17. The molecule has 0 aliphatic carbocycles. The van der Waals surface area contributed by atoms with Gasteiger partial charge >= 0.3 is 0 Å². The van der Waals surface area contributed by atoms with Gasteiger partial charge in [0.05, 0.1) is 0 Å². The number of imidazole rings is 1. The lowest BCUT2D eigenvalue weighted by molar-refractivity contribution is 0.532. The number of para-hydroxylation sites is 1. The molecule has 0 saturated heterocycles. The van der Waals surface area contributed by atoms with Crippen LogP contribution in [0, 0.1) is 6.92 Å². The van der Waals surface area contributed by atoms with Crippen LogP contribution in [-0.2, 0) is 6.42 Å². The molecule has 0 saturated carbocycles.